The highest BCUT2D eigenvalue weighted by molar-refractivity contribution is 8.03. The molecule has 0 bridgehead atoms. The second-order valence-electron chi connectivity index (χ2n) is 7.48. The zero-order valence-electron chi connectivity index (χ0n) is 17.0. The second kappa shape index (κ2) is 9.83. The summed E-state index contributed by atoms with van der Waals surface area (Å²) in [6, 6.07) is 16.3. The average Bonchev–Trinajstić information content (AvgIpc) is 2.79. The summed E-state index contributed by atoms with van der Waals surface area (Å²) in [6.45, 7) is 0. The van der Waals surface area contributed by atoms with Gasteiger partial charge < -0.3 is 10.6 Å². The molecule has 1 amide bonds. The zero-order chi connectivity index (χ0) is 22.7. The maximum absolute atomic E-state index is 12.8. The lowest BCUT2D eigenvalue weighted by molar-refractivity contribution is -0.116. The molecule has 5 nitrogen and oxygen atoms in total. The normalized spacial score (nSPS) is 18.0. The van der Waals surface area contributed by atoms with Crippen molar-refractivity contribution in [3.05, 3.63) is 86.0 Å². The summed E-state index contributed by atoms with van der Waals surface area (Å²) in [4.78, 5) is 25.3. The number of Topliss-reactive ketones (excluding diaryl/α,β-unsaturated/α-hetero) is 1. The Morgan fingerprint density at radius 3 is 2.41 bits per heavy atom. The lowest BCUT2D eigenvalue weighted by Gasteiger charge is -2.33. The number of carbonyl (C=O) groups excluding carboxylic acids is 2. The molecule has 1 atom stereocenters. The van der Waals surface area contributed by atoms with Gasteiger partial charge in [-0.05, 0) is 54.8 Å². The first-order chi connectivity index (χ1) is 15.5. The van der Waals surface area contributed by atoms with E-state index < -0.39 is 5.92 Å². The van der Waals surface area contributed by atoms with Gasteiger partial charge in [-0.15, -0.1) is 0 Å². The van der Waals surface area contributed by atoms with Gasteiger partial charge in [0.15, 0.2) is 5.78 Å². The van der Waals surface area contributed by atoms with Crippen LogP contribution in [0.3, 0.4) is 0 Å². The number of rotatable bonds is 5. The SMILES string of the molecule is N#CC1=C(SCC(=O)Nc2ccc(Cl)cc2)NC2=C(C(=O)CCC2)C1c1ccc(Cl)cc1. The number of benzene rings is 2. The molecule has 0 saturated heterocycles. The Morgan fingerprint density at radius 2 is 1.75 bits per heavy atom. The van der Waals surface area contributed by atoms with Crippen LogP contribution in [0.4, 0.5) is 5.69 Å². The van der Waals surface area contributed by atoms with Crippen LogP contribution in [0.25, 0.3) is 0 Å². The van der Waals surface area contributed by atoms with E-state index in [2.05, 4.69) is 16.7 Å². The number of amides is 1. The molecule has 0 spiro atoms. The van der Waals surface area contributed by atoms with Gasteiger partial charge in [-0.3, -0.25) is 9.59 Å². The zero-order valence-corrected chi connectivity index (χ0v) is 19.3. The van der Waals surface area contributed by atoms with E-state index >= 15 is 0 Å². The fourth-order valence-corrected chi connectivity index (χ4v) is 5.01. The summed E-state index contributed by atoms with van der Waals surface area (Å²) in [5.74, 6) is -0.509. The highest BCUT2D eigenvalue weighted by Gasteiger charge is 2.37. The smallest absolute Gasteiger partial charge is 0.234 e. The largest absolute Gasteiger partial charge is 0.352 e. The highest BCUT2D eigenvalue weighted by atomic mass is 35.5. The van der Waals surface area contributed by atoms with E-state index in [1.54, 1.807) is 36.4 Å². The molecule has 0 aromatic heterocycles. The molecule has 2 aliphatic rings. The van der Waals surface area contributed by atoms with Crippen molar-refractivity contribution < 1.29 is 9.59 Å². The van der Waals surface area contributed by atoms with Crippen molar-refractivity contribution in [1.82, 2.24) is 5.32 Å². The van der Waals surface area contributed by atoms with E-state index in [0.29, 0.717) is 38.3 Å². The van der Waals surface area contributed by atoms with Crippen molar-refractivity contribution in [1.29, 1.82) is 5.26 Å². The van der Waals surface area contributed by atoms with Gasteiger partial charge in [0, 0.05) is 33.4 Å². The summed E-state index contributed by atoms with van der Waals surface area (Å²) in [5, 5.41) is 17.9. The number of ketones is 1. The lowest BCUT2D eigenvalue weighted by Crippen LogP contribution is -2.31. The standard InChI is InChI=1S/C24H19Cl2N3O2S/c25-15-6-4-14(5-7-15)22-18(12-27)24(29-19-2-1-3-20(30)23(19)22)32-13-21(31)28-17-10-8-16(26)9-11-17/h4-11,22,29H,1-3,13H2,(H,28,31). The molecule has 32 heavy (non-hydrogen) atoms. The van der Waals surface area contributed by atoms with Crippen molar-refractivity contribution in [2.45, 2.75) is 25.2 Å². The summed E-state index contributed by atoms with van der Waals surface area (Å²) >= 11 is 13.2. The van der Waals surface area contributed by atoms with Crippen LogP contribution in [0.2, 0.25) is 10.0 Å². The van der Waals surface area contributed by atoms with E-state index in [-0.39, 0.29) is 17.4 Å². The third-order valence-corrected chi connectivity index (χ3v) is 6.86. The molecule has 1 aliphatic carbocycles. The van der Waals surface area contributed by atoms with Crippen LogP contribution in [0.15, 0.2) is 70.4 Å². The minimum Gasteiger partial charge on any atom is -0.352 e. The number of carbonyl (C=O) groups is 2. The first-order valence-electron chi connectivity index (χ1n) is 10.1. The van der Waals surface area contributed by atoms with Gasteiger partial charge in [-0.25, -0.2) is 0 Å². The molecule has 1 unspecified atom stereocenters. The highest BCUT2D eigenvalue weighted by Crippen LogP contribution is 2.44. The number of allylic oxidation sites excluding steroid dienone is 3. The van der Waals surface area contributed by atoms with Crippen LogP contribution in [-0.2, 0) is 9.59 Å². The van der Waals surface area contributed by atoms with E-state index in [1.165, 1.54) is 11.8 Å². The number of hydrogen-bond donors (Lipinski definition) is 2. The quantitative estimate of drug-likeness (QED) is 0.561. The van der Waals surface area contributed by atoms with Crippen LogP contribution in [-0.4, -0.2) is 17.4 Å². The van der Waals surface area contributed by atoms with Crippen molar-refractivity contribution in [3.8, 4) is 6.07 Å². The number of hydrogen-bond acceptors (Lipinski definition) is 5. The molecule has 1 heterocycles. The van der Waals surface area contributed by atoms with Gasteiger partial charge in [-0.1, -0.05) is 47.1 Å². The van der Waals surface area contributed by atoms with Crippen molar-refractivity contribution in [3.63, 3.8) is 0 Å². The predicted octanol–water partition coefficient (Wildman–Crippen LogP) is 5.79. The van der Waals surface area contributed by atoms with Gasteiger partial charge >= 0.3 is 0 Å². The topological polar surface area (TPSA) is 82.0 Å². The third-order valence-electron chi connectivity index (χ3n) is 5.34. The van der Waals surface area contributed by atoms with Crippen LogP contribution >= 0.6 is 35.0 Å². The number of nitrogens with one attached hydrogen (secondary N) is 2. The summed E-state index contributed by atoms with van der Waals surface area (Å²) in [7, 11) is 0. The third kappa shape index (κ3) is 4.86. The molecular formula is C24H19Cl2N3O2S. The van der Waals surface area contributed by atoms with Crippen molar-refractivity contribution >= 4 is 52.3 Å². The fraction of sp³-hybridized carbons (Fsp3) is 0.208. The van der Waals surface area contributed by atoms with Crippen LogP contribution in [0, 0.1) is 11.3 Å². The van der Waals surface area contributed by atoms with Crippen molar-refractivity contribution in [2.75, 3.05) is 11.1 Å². The van der Waals surface area contributed by atoms with Gasteiger partial charge in [0.25, 0.3) is 0 Å². The molecule has 0 saturated carbocycles. The monoisotopic (exact) mass is 483 g/mol. The minimum atomic E-state index is -0.469. The van der Waals surface area contributed by atoms with E-state index in [4.69, 9.17) is 23.2 Å². The molecule has 162 valence electrons. The number of nitrogens with zero attached hydrogens (tertiary/aromatic N) is 1. The second-order valence-corrected chi connectivity index (χ2v) is 9.34. The van der Waals surface area contributed by atoms with E-state index in [0.717, 1.165) is 24.1 Å². The molecule has 8 heteroatoms. The Morgan fingerprint density at radius 1 is 1.09 bits per heavy atom. The number of thioether (sulfide) groups is 1. The summed E-state index contributed by atoms with van der Waals surface area (Å²) < 4.78 is 0. The Hall–Kier alpha value is -2.72. The van der Waals surface area contributed by atoms with Crippen LogP contribution in [0.5, 0.6) is 0 Å². The van der Waals surface area contributed by atoms with Gasteiger partial charge in [0.2, 0.25) is 5.91 Å². The Balaban J connectivity index is 1.60. The molecule has 0 radical (unpaired) electrons. The van der Waals surface area contributed by atoms with E-state index in [1.807, 2.05) is 12.1 Å². The Bertz CT molecular complexity index is 1170. The molecule has 4 rings (SSSR count). The fourth-order valence-electron chi connectivity index (χ4n) is 3.89. The van der Waals surface area contributed by atoms with Gasteiger partial charge in [-0.2, -0.15) is 5.26 Å². The number of anilines is 1. The Labute approximate surface area is 200 Å². The maximum atomic E-state index is 12.8. The van der Waals surface area contributed by atoms with E-state index in [9.17, 15) is 14.9 Å². The molecule has 2 aromatic carbocycles. The first-order valence-corrected chi connectivity index (χ1v) is 11.8. The van der Waals surface area contributed by atoms with Gasteiger partial charge in [0.05, 0.1) is 28.3 Å². The Kier molecular flexibility index (Phi) is 6.90. The minimum absolute atomic E-state index is 0.0518. The molecule has 1 aliphatic heterocycles. The maximum Gasteiger partial charge on any atom is 0.234 e. The van der Waals surface area contributed by atoms with Crippen LogP contribution < -0.4 is 10.6 Å². The first kappa shape index (κ1) is 22.5. The predicted molar refractivity (Wildman–Crippen MR) is 128 cm³/mol. The average molecular weight is 484 g/mol. The number of nitriles is 1. The molecule has 2 aromatic rings. The van der Waals surface area contributed by atoms with Gasteiger partial charge in [0.1, 0.15) is 0 Å². The number of dihydropyridines is 1. The van der Waals surface area contributed by atoms with Crippen molar-refractivity contribution in [2.24, 2.45) is 0 Å². The molecule has 2 N–H and O–H groups in total. The lowest BCUT2D eigenvalue weighted by atomic mass is 9.77. The number of halogens is 2. The summed E-state index contributed by atoms with van der Waals surface area (Å²) in [6.07, 6.45) is 1.95. The van der Waals surface area contributed by atoms with Crippen LogP contribution in [0.1, 0.15) is 30.7 Å². The molecular weight excluding hydrogens is 465 g/mol. The summed E-state index contributed by atoms with van der Waals surface area (Å²) in [5.41, 5.74) is 3.39. The molecule has 0 fully saturated rings.